The lowest BCUT2D eigenvalue weighted by molar-refractivity contribution is 0.330. The van der Waals surface area contributed by atoms with Crippen molar-refractivity contribution in [2.24, 2.45) is 5.92 Å². The summed E-state index contributed by atoms with van der Waals surface area (Å²) < 4.78 is 13.2. The molecule has 0 fully saturated rings. The lowest BCUT2D eigenvalue weighted by Gasteiger charge is -2.28. The minimum Gasteiger partial charge on any atom is -0.313 e. The summed E-state index contributed by atoms with van der Waals surface area (Å²) in [6, 6.07) is 5.48. The maximum absolute atomic E-state index is 13.2. The fourth-order valence-corrected chi connectivity index (χ4v) is 2.85. The van der Waals surface area contributed by atoms with E-state index in [9.17, 15) is 4.39 Å². The van der Waals surface area contributed by atoms with Gasteiger partial charge in [0, 0.05) is 6.04 Å². The summed E-state index contributed by atoms with van der Waals surface area (Å²) in [5.74, 6) is 0.489. The third-order valence-electron chi connectivity index (χ3n) is 3.67. The van der Waals surface area contributed by atoms with Gasteiger partial charge in [0.2, 0.25) is 0 Å². The predicted molar refractivity (Wildman–Crippen MR) is 76.2 cm³/mol. The summed E-state index contributed by atoms with van der Waals surface area (Å²) in [5.41, 5.74) is 2.29. The number of rotatable bonds is 7. The molecule has 1 unspecified atom stereocenters. The van der Waals surface area contributed by atoms with E-state index < -0.39 is 0 Å². The van der Waals surface area contributed by atoms with Crippen molar-refractivity contribution in [2.45, 2.75) is 52.5 Å². The molecule has 0 spiro atoms. The van der Waals surface area contributed by atoms with Crippen molar-refractivity contribution < 1.29 is 4.39 Å². The first-order valence-electron chi connectivity index (χ1n) is 7.07. The monoisotopic (exact) mass is 251 g/mol. The fourth-order valence-electron chi connectivity index (χ4n) is 2.85. The molecule has 0 aliphatic heterocycles. The molecule has 0 amide bonds. The van der Waals surface area contributed by atoms with Gasteiger partial charge in [-0.05, 0) is 56.0 Å². The Bertz CT molecular complexity index is 356. The van der Waals surface area contributed by atoms with Crippen LogP contribution in [0.1, 0.15) is 56.7 Å². The second-order valence-corrected chi connectivity index (χ2v) is 5.10. The Morgan fingerprint density at radius 1 is 1.17 bits per heavy atom. The fraction of sp³-hybridized carbons (Fsp3) is 0.625. The summed E-state index contributed by atoms with van der Waals surface area (Å²) in [5, 5.41) is 3.43. The van der Waals surface area contributed by atoms with E-state index >= 15 is 0 Å². The normalized spacial score (nSPS) is 13.0. The first-order chi connectivity index (χ1) is 8.63. The van der Waals surface area contributed by atoms with Gasteiger partial charge in [-0.3, -0.25) is 0 Å². The number of benzene rings is 1. The molecule has 1 N–H and O–H groups in total. The Kier molecular flexibility index (Phi) is 6.34. The molecular formula is C16H26FN. The van der Waals surface area contributed by atoms with Crippen LogP contribution in [0.5, 0.6) is 0 Å². The Morgan fingerprint density at radius 2 is 1.78 bits per heavy atom. The summed E-state index contributed by atoms with van der Waals surface area (Å²) in [6.07, 6.45) is 4.83. The topological polar surface area (TPSA) is 12.0 Å². The summed E-state index contributed by atoms with van der Waals surface area (Å²) >= 11 is 0. The molecule has 0 aliphatic rings. The minimum atomic E-state index is -0.145. The van der Waals surface area contributed by atoms with Gasteiger partial charge < -0.3 is 5.32 Å². The van der Waals surface area contributed by atoms with Gasteiger partial charge in [-0.2, -0.15) is 0 Å². The first-order valence-corrected chi connectivity index (χ1v) is 7.07. The van der Waals surface area contributed by atoms with Crippen molar-refractivity contribution in [1.29, 1.82) is 0 Å². The lowest BCUT2D eigenvalue weighted by atomic mass is 9.84. The van der Waals surface area contributed by atoms with E-state index in [0.29, 0.717) is 12.0 Å². The molecule has 0 saturated carbocycles. The highest BCUT2D eigenvalue weighted by molar-refractivity contribution is 5.30. The van der Waals surface area contributed by atoms with E-state index in [1.807, 2.05) is 20.0 Å². The molecule has 102 valence electrons. The van der Waals surface area contributed by atoms with Crippen LogP contribution in [0.3, 0.4) is 0 Å². The van der Waals surface area contributed by atoms with Crippen LogP contribution in [0, 0.1) is 18.7 Å². The SMILES string of the molecule is CCCC(CCC)C(NC)c1ccc(F)cc1C. The van der Waals surface area contributed by atoms with Gasteiger partial charge in [-0.25, -0.2) is 4.39 Å². The molecule has 0 aromatic heterocycles. The smallest absolute Gasteiger partial charge is 0.123 e. The van der Waals surface area contributed by atoms with Gasteiger partial charge in [0.05, 0.1) is 0 Å². The van der Waals surface area contributed by atoms with Crippen molar-refractivity contribution in [3.8, 4) is 0 Å². The van der Waals surface area contributed by atoms with E-state index in [2.05, 4.69) is 19.2 Å². The first kappa shape index (κ1) is 15.2. The van der Waals surface area contributed by atoms with Gasteiger partial charge in [-0.1, -0.05) is 32.8 Å². The van der Waals surface area contributed by atoms with Crippen LogP contribution in [-0.4, -0.2) is 7.05 Å². The van der Waals surface area contributed by atoms with Crippen molar-refractivity contribution in [3.05, 3.63) is 35.1 Å². The van der Waals surface area contributed by atoms with E-state index in [-0.39, 0.29) is 5.82 Å². The van der Waals surface area contributed by atoms with E-state index in [0.717, 1.165) is 5.56 Å². The third-order valence-corrected chi connectivity index (χ3v) is 3.67. The Balaban J connectivity index is 2.98. The van der Waals surface area contributed by atoms with Gasteiger partial charge >= 0.3 is 0 Å². The molecule has 0 saturated heterocycles. The van der Waals surface area contributed by atoms with Gasteiger partial charge in [0.25, 0.3) is 0 Å². The van der Waals surface area contributed by atoms with Gasteiger partial charge in [-0.15, -0.1) is 0 Å². The summed E-state index contributed by atoms with van der Waals surface area (Å²) in [4.78, 5) is 0. The molecule has 0 aliphatic carbocycles. The number of aryl methyl sites for hydroxylation is 1. The quantitative estimate of drug-likeness (QED) is 0.746. The van der Waals surface area contributed by atoms with Crippen LogP contribution in [0.4, 0.5) is 4.39 Å². The molecule has 1 nitrogen and oxygen atoms in total. The highest BCUT2D eigenvalue weighted by atomic mass is 19.1. The molecule has 1 atom stereocenters. The molecule has 18 heavy (non-hydrogen) atoms. The van der Waals surface area contributed by atoms with Crippen LogP contribution in [0.25, 0.3) is 0 Å². The van der Waals surface area contributed by atoms with Crippen molar-refractivity contribution in [3.63, 3.8) is 0 Å². The Morgan fingerprint density at radius 3 is 2.22 bits per heavy atom. The average molecular weight is 251 g/mol. The van der Waals surface area contributed by atoms with Crippen LogP contribution >= 0.6 is 0 Å². The van der Waals surface area contributed by atoms with Crippen molar-refractivity contribution in [2.75, 3.05) is 7.05 Å². The molecule has 0 radical (unpaired) electrons. The van der Waals surface area contributed by atoms with E-state index in [1.165, 1.54) is 31.2 Å². The molecule has 0 heterocycles. The molecule has 1 aromatic rings. The zero-order valence-electron chi connectivity index (χ0n) is 12.1. The second kappa shape index (κ2) is 7.52. The molecule has 0 bridgehead atoms. The number of nitrogens with one attached hydrogen (secondary N) is 1. The van der Waals surface area contributed by atoms with Gasteiger partial charge in [0.1, 0.15) is 5.82 Å². The minimum absolute atomic E-state index is 0.145. The predicted octanol–water partition coefficient (Wildman–Crippen LogP) is 4.61. The Labute approximate surface area is 111 Å². The van der Waals surface area contributed by atoms with Crippen LogP contribution in [0.15, 0.2) is 18.2 Å². The highest BCUT2D eigenvalue weighted by Crippen LogP contribution is 2.31. The molecule has 1 rings (SSSR count). The maximum atomic E-state index is 13.2. The van der Waals surface area contributed by atoms with E-state index in [1.54, 1.807) is 12.1 Å². The van der Waals surface area contributed by atoms with Crippen LogP contribution in [-0.2, 0) is 0 Å². The van der Waals surface area contributed by atoms with Crippen LogP contribution < -0.4 is 5.32 Å². The number of hydrogen-bond donors (Lipinski definition) is 1. The summed E-state index contributed by atoms with van der Waals surface area (Å²) in [7, 11) is 2.01. The van der Waals surface area contributed by atoms with Crippen LogP contribution in [0.2, 0.25) is 0 Å². The molecular weight excluding hydrogens is 225 g/mol. The summed E-state index contributed by atoms with van der Waals surface area (Å²) in [6.45, 7) is 6.46. The number of hydrogen-bond acceptors (Lipinski definition) is 1. The standard InChI is InChI=1S/C16H26FN/c1-5-7-13(8-6-2)16(18-4)15-10-9-14(17)11-12(15)3/h9-11,13,16,18H,5-8H2,1-4H3. The average Bonchev–Trinajstić information content (AvgIpc) is 2.33. The number of halogens is 1. The lowest BCUT2D eigenvalue weighted by Crippen LogP contribution is -2.26. The Hall–Kier alpha value is -0.890. The zero-order chi connectivity index (χ0) is 13.5. The zero-order valence-corrected chi connectivity index (χ0v) is 12.1. The largest absolute Gasteiger partial charge is 0.313 e. The van der Waals surface area contributed by atoms with Crippen molar-refractivity contribution >= 4 is 0 Å². The highest BCUT2D eigenvalue weighted by Gasteiger charge is 2.21. The molecule has 1 aromatic carbocycles. The van der Waals surface area contributed by atoms with Gasteiger partial charge in [0.15, 0.2) is 0 Å². The second-order valence-electron chi connectivity index (χ2n) is 5.10. The van der Waals surface area contributed by atoms with Crippen molar-refractivity contribution in [1.82, 2.24) is 5.32 Å². The third kappa shape index (κ3) is 3.81. The molecule has 2 heteroatoms. The van der Waals surface area contributed by atoms with E-state index in [4.69, 9.17) is 0 Å². The maximum Gasteiger partial charge on any atom is 0.123 e.